The van der Waals surface area contributed by atoms with Gasteiger partial charge in [-0.05, 0) is 45.4 Å². The quantitative estimate of drug-likeness (QED) is 0.737. The molecule has 4 unspecified atom stereocenters. The largest absolute Gasteiger partial charge is 0.486 e. The van der Waals surface area contributed by atoms with Crippen molar-refractivity contribution in [1.29, 1.82) is 0 Å². The summed E-state index contributed by atoms with van der Waals surface area (Å²) in [5.74, 6) is -2.56. The average Bonchev–Trinajstić information content (AvgIpc) is 3.09. The van der Waals surface area contributed by atoms with Gasteiger partial charge in [0.2, 0.25) is 11.8 Å². The first-order chi connectivity index (χ1) is 13.1. The van der Waals surface area contributed by atoms with E-state index in [0.717, 1.165) is 0 Å². The predicted molar refractivity (Wildman–Crippen MR) is 97.9 cm³/mol. The molecule has 28 heavy (non-hydrogen) atoms. The molecule has 2 fully saturated rings. The van der Waals surface area contributed by atoms with Crippen molar-refractivity contribution < 1.29 is 29.0 Å². The minimum atomic E-state index is -1.55. The summed E-state index contributed by atoms with van der Waals surface area (Å²) in [5, 5.41) is 12.9. The van der Waals surface area contributed by atoms with Crippen LogP contribution in [0.15, 0.2) is 18.2 Å². The first-order valence-electron chi connectivity index (χ1n) is 9.34. The topological polar surface area (TPSA) is 105 Å². The molecule has 2 saturated heterocycles. The van der Waals surface area contributed by atoms with Gasteiger partial charge in [-0.2, -0.15) is 0 Å². The molecule has 0 radical (unpaired) electrons. The lowest BCUT2D eigenvalue weighted by atomic mass is 9.80. The van der Waals surface area contributed by atoms with Crippen LogP contribution >= 0.6 is 0 Å². The Hall–Kier alpha value is -2.61. The number of carboxylic acid groups (broad SMARTS) is 1. The van der Waals surface area contributed by atoms with Crippen molar-refractivity contribution in [2.75, 3.05) is 13.2 Å². The molecule has 0 saturated carbocycles. The number of nitrogens with zero attached hydrogens (tertiary/aromatic N) is 1. The van der Waals surface area contributed by atoms with Crippen LogP contribution in [0.2, 0.25) is 0 Å². The molecule has 3 aliphatic heterocycles. The van der Waals surface area contributed by atoms with Gasteiger partial charge in [0, 0.05) is 11.6 Å². The fraction of sp³-hybridized carbons (Fsp3) is 0.550. The van der Waals surface area contributed by atoms with E-state index in [9.17, 15) is 19.5 Å². The lowest BCUT2D eigenvalue weighted by Crippen LogP contribution is -2.55. The van der Waals surface area contributed by atoms with Crippen LogP contribution in [0, 0.1) is 11.8 Å². The molecule has 1 aromatic carbocycles. The van der Waals surface area contributed by atoms with Gasteiger partial charge in [-0.25, -0.2) is 0 Å². The van der Waals surface area contributed by atoms with Gasteiger partial charge in [0.25, 0.3) is 0 Å². The number of likely N-dealkylation sites (tertiary alicyclic amines) is 1. The number of imide groups is 1. The normalized spacial score (nSPS) is 31.9. The second-order valence-electron chi connectivity index (χ2n) is 8.72. The molecule has 2 N–H and O–H groups in total. The summed E-state index contributed by atoms with van der Waals surface area (Å²) in [6.07, 6.45) is 0. The Morgan fingerprint density at radius 1 is 1.18 bits per heavy atom. The predicted octanol–water partition coefficient (Wildman–Crippen LogP) is 1.35. The number of ether oxygens (including phenoxy) is 2. The zero-order valence-electron chi connectivity index (χ0n) is 16.3. The van der Waals surface area contributed by atoms with Crippen LogP contribution in [-0.2, 0) is 14.4 Å². The van der Waals surface area contributed by atoms with Gasteiger partial charge in [0.15, 0.2) is 11.5 Å². The Labute approximate surface area is 162 Å². The van der Waals surface area contributed by atoms with Crippen molar-refractivity contribution in [1.82, 2.24) is 10.2 Å². The van der Waals surface area contributed by atoms with Gasteiger partial charge >= 0.3 is 5.97 Å². The Kier molecular flexibility index (Phi) is 3.98. The van der Waals surface area contributed by atoms with Crippen LogP contribution in [-0.4, -0.2) is 52.1 Å². The SMILES string of the molecule is CC1(C(=O)O)NC(c2ccc3c(c2)OCCO3)C2C(=O)N(C(C)(C)C)C(=O)C21. The number of rotatable bonds is 2. The van der Waals surface area contributed by atoms with E-state index in [0.29, 0.717) is 30.3 Å². The minimum Gasteiger partial charge on any atom is -0.486 e. The molecule has 4 atom stereocenters. The second-order valence-corrected chi connectivity index (χ2v) is 8.72. The number of nitrogens with one attached hydrogen (secondary N) is 1. The van der Waals surface area contributed by atoms with Gasteiger partial charge in [-0.3, -0.25) is 24.6 Å². The molecule has 8 nitrogen and oxygen atoms in total. The van der Waals surface area contributed by atoms with Crippen molar-refractivity contribution in [2.24, 2.45) is 11.8 Å². The highest BCUT2D eigenvalue weighted by atomic mass is 16.6. The molecule has 2 amide bonds. The third-order valence-corrected chi connectivity index (χ3v) is 5.83. The Bertz CT molecular complexity index is 876. The molecule has 150 valence electrons. The fourth-order valence-corrected chi connectivity index (χ4v) is 4.54. The van der Waals surface area contributed by atoms with Crippen molar-refractivity contribution >= 4 is 17.8 Å². The highest BCUT2D eigenvalue weighted by Crippen LogP contribution is 2.51. The van der Waals surface area contributed by atoms with E-state index in [1.807, 2.05) is 0 Å². The molecule has 0 bridgehead atoms. The standard InChI is InChI=1S/C20H24N2O6/c1-19(2,3)22-16(23)13-14(17(22)24)20(4,18(25)26)21-15(13)10-5-6-11-12(9-10)28-8-7-27-11/h5-6,9,13-15,21H,7-8H2,1-4H3,(H,25,26). The molecule has 0 spiro atoms. The van der Waals surface area contributed by atoms with Gasteiger partial charge in [-0.1, -0.05) is 6.07 Å². The monoisotopic (exact) mass is 388 g/mol. The number of aliphatic carboxylic acids is 1. The summed E-state index contributed by atoms with van der Waals surface area (Å²) in [7, 11) is 0. The van der Waals surface area contributed by atoms with Crippen molar-refractivity contribution in [2.45, 2.75) is 44.8 Å². The highest BCUT2D eigenvalue weighted by molar-refractivity contribution is 6.10. The zero-order valence-corrected chi connectivity index (χ0v) is 16.3. The van der Waals surface area contributed by atoms with Crippen LogP contribution in [0.1, 0.15) is 39.3 Å². The number of hydrogen-bond acceptors (Lipinski definition) is 6. The lowest BCUT2D eigenvalue weighted by Gasteiger charge is -2.34. The van der Waals surface area contributed by atoms with E-state index in [1.165, 1.54) is 11.8 Å². The van der Waals surface area contributed by atoms with E-state index in [2.05, 4.69) is 5.32 Å². The maximum Gasteiger partial charge on any atom is 0.324 e. The summed E-state index contributed by atoms with van der Waals surface area (Å²) in [4.78, 5) is 39.7. The fourth-order valence-electron chi connectivity index (χ4n) is 4.54. The smallest absolute Gasteiger partial charge is 0.324 e. The zero-order chi connectivity index (χ0) is 20.4. The highest BCUT2D eigenvalue weighted by Gasteiger charge is 2.67. The van der Waals surface area contributed by atoms with Crippen molar-refractivity contribution in [3.63, 3.8) is 0 Å². The minimum absolute atomic E-state index is 0.347. The summed E-state index contributed by atoms with van der Waals surface area (Å²) >= 11 is 0. The number of fused-ring (bicyclic) bond motifs is 2. The number of hydrogen-bond donors (Lipinski definition) is 2. The molecule has 3 heterocycles. The molecule has 1 aromatic rings. The van der Waals surface area contributed by atoms with Crippen LogP contribution in [0.4, 0.5) is 0 Å². The van der Waals surface area contributed by atoms with Gasteiger partial charge < -0.3 is 14.6 Å². The molecular weight excluding hydrogens is 364 g/mol. The first kappa shape index (κ1) is 18.7. The molecule has 4 rings (SSSR count). The molecule has 3 aliphatic rings. The van der Waals surface area contributed by atoms with E-state index in [4.69, 9.17) is 9.47 Å². The maximum atomic E-state index is 13.2. The van der Waals surface area contributed by atoms with Crippen LogP contribution in [0.5, 0.6) is 11.5 Å². The van der Waals surface area contributed by atoms with Crippen LogP contribution < -0.4 is 14.8 Å². The van der Waals surface area contributed by atoms with Crippen molar-refractivity contribution in [3.05, 3.63) is 23.8 Å². The third-order valence-electron chi connectivity index (χ3n) is 5.83. The molecular formula is C20H24N2O6. The first-order valence-corrected chi connectivity index (χ1v) is 9.34. The summed E-state index contributed by atoms with van der Waals surface area (Å²) in [6.45, 7) is 7.67. The van der Waals surface area contributed by atoms with Gasteiger partial charge in [0.1, 0.15) is 18.8 Å². The van der Waals surface area contributed by atoms with Crippen LogP contribution in [0.3, 0.4) is 0 Å². The summed E-state index contributed by atoms with van der Waals surface area (Å²) in [5.41, 5.74) is -1.58. The Morgan fingerprint density at radius 2 is 1.82 bits per heavy atom. The number of benzene rings is 1. The van der Waals surface area contributed by atoms with E-state index in [-0.39, 0.29) is 5.91 Å². The van der Waals surface area contributed by atoms with E-state index in [1.54, 1.807) is 39.0 Å². The lowest BCUT2D eigenvalue weighted by molar-refractivity contribution is -0.152. The van der Waals surface area contributed by atoms with E-state index < -0.39 is 40.8 Å². The van der Waals surface area contributed by atoms with E-state index >= 15 is 0 Å². The van der Waals surface area contributed by atoms with Crippen LogP contribution in [0.25, 0.3) is 0 Å². The maximum absolute atomic E-state index is 13.2. The third kappa shape index (κ3) is 2.51. The number of carbonyl (C=O) groups excluding carboxylic acids is 2. The number of carboxylic acids is 1. The molecule has 8 heteroatoms. The van der Waals surface area contributed by atoms with Gasteiger partial charge in [0.05, 0.1) is 11.8 Å². The molecule has 0 aliphatic carbocycles. The summed E-state index contributed by atoms with van der Waals surface area (Å²) in [6, 6.07) is 4.67. The second kappa shape index (κ2) is 5.94. The van der Waals surface area contributed by atoms with Crippen molar-refractivity contribution in [3.8, 4) is 11.5 Å². The average molecular weight is 388 g/mol. The van der Waals surface area contributed by atoms with Gasteiger partial charge in [-0.15, -0.1) is 0 Å². The number of carbonyl (C=O) groups is 3. The molecule has 0 aromatic heterocycles. The number of amides is 2. The summed E-state index contributed by atoms with van der Waals surface area (Å²) < 4.78 is 11.2. The Morgan fingerprint density at radius 3 is 2.43 bits per heavy atom. The Balaban J connectivity index is 1.80.